The lowest BCUT2D eigenvalue weighted by Gasteiger charge is -2.31. The first-order chi connectivity index (χ1) is 8.76. The van der Waals surface area contributed by atoms with Crippen LogP contribution in [0, 0.1) is 0 Å². The van der Waals surface area contributed by atoms with Gasteiger partial charge in [-0.15, -0.1) is 0 Å². The minimum Gasteiger partial charge on any atom is -0.493 e. The van der Waals surface area contributed by atoms with E-state index in [2.05, 4.69) is 43.4 Å². The maximum atomic E-state index is 5.91. The molecule has 1 aromatic carbocycles. The molecule has 1 atom stereocenters. The Bertz CT molecular complexity index is 367. The molecular weight excluding hydrogens is 222 g/mol. The standard InChI is InChI=1S/C16H25NO/c1-3-13-18-15-10-6-5-9-14(15)16(2)11-7-4-8-12-17-16/h5-6,9-10,17H,3-4,7-8,11-13H2,1-2H3. The quantitative estimate of drug-likeness (QED) is 0.872. The minimum absolute atomic E-state index is 0.0703. The van der Waals surface area contributed by atoms with Crippen molar-refractivity contribution in [2.24, 2.45) is 0 Å². The fourth-order valence-electron chi connectivity index (χ4n) is 2.72. The lowest BCUT2D eigenvalue weighted by Crippen LogP contribution is -2.39. The van der Waals surface area contributed by atoms with Gasteiger partial charge >= 0.3 is 0 Å². The monoisotopic (exact) mass is 247 g/mol. The summed E-state index contributed by atoms with van der Waals surface area (Å²) in [5.74, 6) is 1.05. The van der Waals surface area contributed by atoms with E-state index in [1.807, 2.05) is 0 Å². The number of rotatable bonds is 4. The van der Waals surface area contributed by atoms with Gasteiger partial charge in [0, 0.05) is 11.1 Å². The Labute approximate surface area is 111 Å². The lowest BCUT2D eigenvalue weighted by molar-refractivity contribution is 0.290. The third kappa shape index (κ3) is 3.05. The third-order valence-corrected chi connectivity index (χ3v) is 3.81. The summed E-state index contributed by atoms with van der Waals surface area (Å²) in [6.45, 7) is 6.37. The van der Waals surface area contributed by atoms with Gasteiger partial charge in [-0.3, -0.25) is 0 Å². The summed E-state index contributed by atoms with van der Waals surface area (Å²) in [5, 5.41) is 3.71. The molecule has 18 heavy (non-hydrogen) atoms. The van der Waals surface area contributed by atoms with Gasteiger partial charge < -0.3 is 10.1 Å². The zero-order chi connectivity index (χ0) is 12.8. The van der Waals surface area contributed by atoms with E-state index in [4.69, 9.17) is 4.74 Å². The van der Waals surface area contributed by atoms with E-state index in [-0.39, 0.29) is 5.54 Å². The Morgan fingerprint density at radius 2 is 2.06 bits per heavy atom. The first-order valence-electron chi connectivity index (χ1n) is 7.23. The van der Waals surface area contributed by atoms with Gasteiger partial charge in [0.1, 0.15) is 5.75 Å². The largest absolute Gasteiger partial charge is 0.493 e. The second-order valence-electron chi connectivity index (χ2n) is 5.41. The fraction of sp³-hybridized carbons (Fsp3) is 0.625. The van der Waals surface area contributed by atoms with Crippen LogP contribution >= 0.6 is 0 Å². The van der Waals surface area contributed by atoms with Crippen molar-refractivity contribution in [2.75, 3.05) is 13.2 Å². The van der Waals surface area contributed by atoms with Crippen molar-refractivity contribution < 1.29 is 4.74 Å². The maximum Gasteiger partial charge on any atom is 0.124 e. The first kappa shape index (κ1) is 13.4. The van der Waals surface area contributed by atoms with Crippen LogP contribution in [0.4, 0.5) is 0 Å². The molecule has 0 amide bonds. The van der Waals surface area contributed by atoms with Crippen LogP contribution in [-0.4, -0.2) is 13.2 Å². The number of benzene rings is 1. The summed E-state index contributed by atoms with van der Waals surface area (Å²) in [5.41, 5.74) is 1.39. The molecule has 2 rings (SSSR count). The molecule has 0 aromatic heterocycles. The van der Waals surface area contributed by atoms with E-state index >= 15 is 0 Å². The number of hydrogen-bond donors (Lipinski definition) is 1. The van der Waals surface area contributed by atoms with E-state index in [0.717, 1.165) is 25.3 Å². The van der Waals surface area contributed by atoms with Crippen LogP contribution in [0.25, 0.3) is 0 Å². The van der Waals surface area contributed by atoms with Crippen molar-refractivity contribution in [3.8, 4) is 5.75 Å². The Morgan fingerprint density at radius 3 is 2.89 bits per heavy atom. The molecule has 1 aliphatic heterocycles. The van der Waals surface area contributed by atoms with Crippen molar-refractivity contribution in [1.82, 2.24) is 5.32 Å². The highest BCUT2D eigenvalue weighted by Gasteiger charge is 2.29. The molecule has 0 bridgehead atoms. The maximum absolute atomic E-state index is 5.91. The van der Waals surface area contributed by atoms with Crippen LogP contribution in [0.5, 0.6) is 5.75 Å². The van der Waals surface area contributed by atoms with E-state index in [9.17, 15) is 0 Å². The number of hydrogen-bond acceptors (Lipinski definition) is 2. The predicted molar refractivity (Wildman–Crippen MR) is 76.1 cm³/mol. The molecule has 1 aromatic rings. The number of nitrogens with one attached hydrogen (secondary N) is 1. The van der Waals surface area contributed by atoms with Gasteiger partial charge in [-0.1, -0.05) is 38.0 Å². The van der Waals surface area contributed by atoms with Crippen LogP contribution in [0.3, 0.4) is 0 Å². The van der Waals surface area contributed by atoms with Crippen molar-refractivity contribution in [1.29, 1.82) is 0 Å². The highest BCUT2D eigenvalue weighted by atomic mass is 16.5. The second kappa shape index (κ2) is 6.24. The lowest BCUT2D eigenvalue weighted by atomic mass is 9.87. The Hall–Kier alpha value is -1.02. The van der Waals surface area contributed by atoms with Gasteiger partial charge in [-0.25, -0.2) is 0 Å². The number of para-hydroxylation sites is 1. The van der Waals surface area contributed by atoms with Crippen molar-refractivity contribution in [3.05, 3.63) is 29.8 Å². The first-order valence-corrected chi connectivity index (χ1v) is 7.23. The van der Waals surface area contributed by atoms with E-state index in [1.165, 1.54) is 31.2 Å². The van der Waals surface area contributed by atoms with Crippen LogP contribution in [0.15, 0.2) is 24.3 Å². The van der Waals surface area contributed by atoms with Gasteiger partial charge in [0.25, 0.3) is 0 Å². The van der Waals surface area contributed by atoms with Gasteiger partial charge in [-0.05, 0) is 38.8 Å². The molecule has 1 unspecified atom stereocenters. The minimum atomic E-state index is 0.0703. The Balaban J connectivity index is 2.24. The predicted octanol–water partition coefficient (Wildman–Crippen LogP) is 3.85. The number of ether oxygens (including phenoxy) is 1. The molecule has 1 aliphatic rings. The van der Waals surface area contributed by atoms with Crippen LogP contribution in [-0.2, 0) is 5.54 Å². The summed E-state index contributed by atoms with van der Waals surface area (Å²) in [4.78, 5) is 0. The van der Waals surface area contributed by atoms with Gasteiger partial charge in [-0.2, -0.15) is 0 Å². The molecule has 1 fully saturated rings. The van der Waals surface area contributed by atoms with E-state index in [1.54, 1.807) is 0 Å². The molecule has 0 aliphatic carbocycles. The summed E-state index contributed by atoms with van der Waals surface area (Å²) in [7, 11) is 0. The molecule has 1 saturated heterocycles. The highest BCUT2D eigenvalue weighted by molar-refractivity contribution is 5.39. The highest BCUT2D eigenvalue weighted by Crippen LogP contribution is 2.35. The molecular formula is C16H25NO. The third-order valence-electron chi connectivity index (χ3n) is 3.81. The average Bonchev–Trinajstić information content (AvgIpc) is 2.62. The molecule has 0 saturated carbocycles. The summed E-state index contributed by atoms with van der Waals surface area (Å²) >= 11 is 0. The molecule has 100 valence electrons. The van der Waals surface area contributed by atoms with Crippen LogP contribution in [0.2, 0.25) is 0 Å². The summed E-state index contributed by atoms with van der Waals surface area (Å²) in [6, 6.07) is 8.49. The molecule has 1 N–H and O–H groups in total. The fourth-order valence-corrected chi connectivity index (χ4v) is 2.72. The molecule has 0 spiro atoms. The normalized spacial score (nSPS) is 24.6. The topological polar surface area (TPSA) is 21.3 Å². The van der Waals surface area contributed by atoms with E-state index in [0.29, 0.717) is 0 Å². The zero-order valence-corrected chi connectivity index (χ0v) is 11.7. The molecule has 0 radical (unpaired) electrons. The van der Waals surface area contributed by atoms with Crippen LogP contribution in [0.1, 0.15) is 51.5 Å². The molecule has 2 nitrogen and oxygen atoms in total. The SMILES string of the molecule is CCCOc1ccccc1C1(C)CCCCCN1. The van der Waals surface area contributed by atoms with Gasteiger partial charge in [0.05, 0.1) is 6.61 Å². The summed E-state index contributed by atoms with van der Waals surface area (Å²) in [6.07, 6.45) is 6.16. The molecule has 2 heteroatoms. The van der Waals surface area contributed by atoms with Gasteiger partial charge in [0.15, 0.2) is 0 Å². The van der Waals surface area contributed by atoms with Crippen molar-refractivity contribution >= 4 is 0 Å². The van der Waals surface area contributed by atoms with E-state index < -0.39 is 0 Å². The average molecular weight is 247 g/mol. The van der Waals surface area contributed by atoms with Gasteiger partial charge in [0.2, 0.25) is 0 Å². The molecule has 1 heterocycles. The smallest absolute Gasteiger partial charge is 0.124 e. The zero-order valence-electron chi connectivity index (χ0n) is 11.7. The second-order valence-corrected chi connectivity index (χ2v) is 5.41. The Kier molecular flexibility index (Phi) is 4.65. The van der Waals surface area contributed by atoms with Crippen molar-refractivity contribution in [2.45, 2.75) is 51.5 Å². The van der Waals surface area contributed by atoms with Crippen LogP contribution < -0.4 is 10.1 Å². The summed E-state index contributed by atoms with van der Waals surface area (Å²) < 4.78 is 5.91. The van der Waals surface area contributed by atoms with Crippen molar-refractivity contribution in [3.63, 3.8) is 0 Å². The Morgan fingerprint density at radius 1 is 1.22 bits per heavy atom.